The van der Waals surface area contributed by atoms with Gasteiger partial charge in [-0.15, -0.1) is 0 Å². The highest BCUT2D eigenvalue weighted by Gasteiger charge is 2.38. The van der Waals surface area contributed by atoms with Crippen LogP contribution in [-0.2, 0) is 37.1 Å². The van der Waals surface area contributed by atoms with Gasteiger partial charge in [-0.1, -0.05) is 36.4 Å². The summed E-state index contributed by atoms with van der Waals surface area (Å²) >= 11 is 0. The lowest BCUT2D eigenvalue weighted by Gasteiger charge is -2.24. The Labute approximate surface area is 196 Å². The smallest absolute Gasteiger partial charge is 0.306 e. The average Bonchev–Trinajstić information content (AvgIpc) is 3.06. The molecule has 1 fully saturated rings. The van der Waals surface area contributed by atoms with Gasteiger partial charge in [-0.25, -0.2) is 0 Å². The number of carbonyl (C=O) groups excluding carboxylic acids is 5. The van der Waals surface area contributed by atoms with Crippen LogP contribution < -0.4 is 10.6 Å². The number of fused-ring (bicyclic) bond motifs is 1. The molecule has 9 heteroatoms. The first-order valence-electron chi connectivity index (χ1n) is 11.2. The van der Waals surface area contributed by atoms with Crippen molar-refractivity contribution in [1.82, 2.24) is 10.2 Å². The summed E-state index contributed by atoms with van der Waals surface area (Å²) in [5.41, 5.74) is 2.33. The predicted molar refractivity (Wildman–Crippen MR) is 121 cm³/mol. The van der Waals surface area contributed by atoms with Crippen LogP contribution in [-0.4, -0.2) is 40.5 Å². The number of hydrogen-bond acceptors (Lipinski definition) is 6. The molecule has 0 saturated carbocycles. The summed E-state index contributed by atoms with van der Waals surface area (Å²) in [6, 6.07) is 13.5. The third-order valence-electron chi connectivity index (χ3n) is 5.89. The average molecular weight is 463 g/mol. The number of amides is 4. The van der Waals surface area contributed by atoms with E-state index in [1.54, 1.807) is 18.2 Å². The maximum Gasteiger partial charge on any atom is 0.306 e. The van der Waals surface area contributed by atoms with E-state index in [0.717, 1.165) is 5.56 Å². The van der Waals surface area contributed by atoms with Crippen LogP contribution >= 0.6 is 0 Å². The maximum atomic E-state index is 13.0. The monoisotopic (exact) mass is 463 g/mol. The topological polar surface area (TPSA) is 122 Å². The summed E-state index contributed by atoms with van der Waals surface area (Å²) in [5, 5.41) is 5.09. The van der Waals surface area contributed by atoms with Crippen molar-refractivity contribution in [2.24, 2.45) is 0 Å². The van der Waals surface area contributed by atoms with Crippen LogP contribution in [0.2, 0.25) is 0 Å². The molecule has 34 heavy (non-hydrogen) atoms. The van der Waals surface area contributed by atoms with Gasteiger partial charge in [0.05, 0.1) is 6.42 Å². The second kappa shape index (κ2) is 10.3. The first-order valence-corrected chi connectivity index (χ1v) is 11.2. The number of nitrogens with one attached hydrogen (secondary N) is 2. The van der Waals surface area contributed by atoms with Crippen molar-refractivity contribution in [3.8, 4) is 0 Å². The Hall–Kier alpha value is -4.01. The molecule has 0 unspecified atom stereocenters. The summed E-state index contributed by atoms with van der Waals surface area (Å²) in [7, 11) is 0. The lowest BCUT2D eigenvalue weighted by molar-refractivity contribution is -0.146. The van der Waals surface area contributed by atoms with Crippen molar-refractivity contribution in [3.63, 3.8) is 0 Å². The Balaban J connectivity index is 1.35. The molecule has 2 N–H and O–H groups in total. The van der Waals surface area contributed by atoms with Crippen LogP contribution in [0.3, 0.4) is 0 Å². The number of imide groups is 1. The Morgan fingerprint density at radius 1 is 1.03 bits per heavy atom. The maximum absolute atomic E-state index is 13.0. The van der Waals surface area contributed by atoms with E-state index in [-0.39, 0.29) is 50.1 Å². The van der Waals surface area contributed by atoms with Crippen molar-refractivity contribution >= 4 is 35.3 Å². The summed E-state index contributed by atoms with van der Waals surface area (Å²) in [4.78, 5) is 62.9. The molecule has 0 bridgehead atoms. The van der Waals surface area contributed by atoms with E-state index in [1.807, 2.05) is 30.3 Å². The van der Waals surface area contributed by atoms with Crippen molar-refractivity contribution in [3.05, 3.63) is 65.2 Å². The van der Waals surface area contributed by atoms with E-state index in [0.29, 0.717) is 29.7 Å². The molecular weight excluding hydrogens is 438 g/mol. The minimum absolute atomic E-state index is 0.0674. The predicted octanol–water partition coefficient (Wildman–Crippen LogP) is 2.30. The Morgan fingerprint density at radius 3 is 2.62 bits per heavy atom. The van der Waals surface area contributed by atoms with Crippen LogP contribution in [0, 0.1) is 0 Å². The Bertz CT molecular complexity index is 1130. The zero-order valence-corrected chi connectivity index (χ0v) is 18.5. The zero-order chi connectivity index (χ0) is 24.1. The van der Waals surface area contributed by atoms with E-state index in [4.69, 9.17) is 4.74 Å². The fourth-order valence-electron chi connectivity index (χ4n) is 4.13. The third-order valence-corrected chi connectivity index (χ3v) is 5.89. The summed E-state index contributed by atoms with van der Waals surface area (Å²) in [6.07, 6.45) is 1.000. The normalized spacial score (nSPS) is 17.6. The molecule has 0 radical (unpaired) electrons. The van der Waals surface area contributed by atoms with Gasteiger partial charge in [-0.3, -0.25) is 29.3 Å². The molecule has 0 aromatic heterocycles. The number of rotatable bonds is 7. The first kappa shape index (κ1) is 23.2. The molecule has 2 aromatic carbocycles. The highest BCUT2D eigenvalue weighted by Crippen LogP contribution is 2.32. The molecule has 2 aromatic rings. The molecule has 1 atom stereocenters. The van der Waals surface area contributed by atoms with E-state index >= 15 is 0 Å². The molecule has 0 aliphatic carbocycles. The van der Waals surface area contributed by atoms with Crippen LogP contribution in [0.4, 0.5) is 5.69 Å². The van der Waals surface area contributed by atoms with Crippen molar-refractivity contribution < 1.29 is 28.7 Å². The summed E-state index contributed by atoms with van der Waals surface area (Å²) in [6.45, 7) is 0.293. The molecule has 1 saturated heterocycles. The number of benzene rings is 2. The second-order valence-corrected chi connectivity index (χ2v) is 8.28. The number of ether oxygens (including phenoxy) is 1. The Morgan fingerprint density at radius 2 is 1.82 bits per heavy atom. The molecule has 2 aliphatic heterocycles. The zero-order valence-electron chi connectivity index (χ0n) is 18.5. The SMILES string of the molecule is O=C1CCC[C@H](N2Cc3c(NC(=O)CCC(=O)OCc4ccccc4)cccc3C2=O)C(=O)N1. The first-order chi connectivity index (χ1) is 16.4. The number of anilines is 1. The van der Waals surface area contributed by atoms with Crippen LogP contribution in [0.1, 0.15) is 53.6 Å². The number of esters is 1. The molecule has 9 nitrogen and oxygen atoms in total. The van der Waals surface area contributed by atoms with E-state index in [1.165, 1.54) is 4.90 Å². The van der Waals surface area contributed by atoms with Gasteiger partial charge in [-0.05, 0) is 30.5 Å². The van der Waals surface area contributed by atoms with Gasteiger partial charge < -0.3 is 15.0 Å². The second-order valence-electron chi connectivity index (χ2n) is 8.28. The van der Waals surface area contributed by atoms with Gasteiger partial charge in [0.2, 0.25) is 17.7 Å². The summed E-state index contributed by atoms with van der Waals surface area (Å²) < 4.78 is 5.19. The van der Waals surface area contributed by atoms with Crippen LogP contribution in [0.25, 0.3) is 0 Å². The van der Waals surface area contributed by atoms with Gasteiger partial charge in [0.15, 0.2) is 0 Å². The molecule has 2 aliphatic rings. The van der Waals surface area contributed by atoms with Crippen molar-refractivity contribution in [2.45, 2.75) is 51.3 Å². The van der Waals surface area contributed by atoms with Crippen molar-refractivity contribution in [1.29, 1.82) is 0 Å². The van der Waals surface area contributed by atoms with Crippen LogP contribution in [0.15, 0.2) is 48.5 Å². The fourth-order valence-corrected chi connectivity index (χ4v) is 4.13. The molecule has 4 amide bonds. The highest BCUT2D eigenvalue weighted by atomic mass is 16.5. The van der Waals surface area contributed by atoms with Gasteiger partial charge in [-0.2, -0.15) is 0 Å². The van der Waals surface area contributed by atoms with Gasteiger partial charge in [0.25, 0.3) is 5.91 Å². The lowest BCUT2D eigenvalue weighted by atomic mass is 10.1. The third kappa shape index (κ3) is 5.31. The van der Waals surface area contributed by atoms with Gasteiger partial charge >= 0.3 is 5.97 Å². The quantitative estimate of drug-likeness (QED) is 0.480. The Kier molecular flexibility index (Phi) is 7.01. The van der Waals surface area contributed by atoms with Crippen molar-refractivity contribution in [2.75, 3.05) is 5.32 Å². The van der Waals surface area contributed by atoms with E-state index in [2.05, 4.69) is 10.6 Å². The van der Waals surface area contributed by atoms with Gasteiger partial charge in [0, 0.05) is 36.2 Å². The molecule has 4 rings (SSSR count). The largest absolute Gasteiger partial charge is 0.461 e. The highest BCUT2D eigenvalue weighted by molar-refractivity contribution is 6.06. The number of carbonyl (C=O) groups is 5. The minimum atomic E-state index is -0.741. The minimum Gasteiger partial charge on any atom is -0.461 e. The number of nitrogens with zero attached hydrogens (tertiary/aromatic N) is 1. The van der Waals surface area contributed by atoms with E-state index in [9.17, 15) is 24.0 Å². The molecular formula is C25H25N3O6. The standard InChI is InChI=1S/C25H25N3O6/c29-21-11-5-10-20(24(32)27-21)28-14-18-17(25(28)33)8-4-9-19(18)26-22(30)12-13-23(31)34-15-16-6-2-1-3-7-16/h1-4,6-9,20H,5,10-15H2,(H,26,30)(H,27,29,32)/t20-/m0/s1. The van der Waals surface area contributed by atoms with Crippen LogP contribution in [0.5, 0.6) is 0 Å². The van der Waals surface area contributed by atoms with Gasteiger partial charge in [0.1, 0.15) is 12.6 Å². The fraction of sp³-hybridized carbons (Fsp3) is 0.320. The number of hydrogen-bond donors (Lipinski definition) is 2. The lowest BCUT2D eigenvalue weighted by Crippen LogP contribution is -2.46. The van der Waals surface area contributed by atoms with E-state index < -0.39 is 17.9 Å². The molecule has 2 heterocycles. The molecule has 0 spiro atoms. The molecule has 176 valence electrons. The summed E-state index contributed by atoms with van der Waals surface area (Å²) in [5.74, 6) is -2.00.